The molecule has 0 aromatic carbocycles. The van der Waals surface area contributed by atoms with Crippen molar-refractivity contribution in [2.24, 2.45) is 0 Å². The van der Waals surface area contributed by atoms with Crippen molar-refractivity contribution in [3.8, 4) is 0 Å². The second kappa shape index (κ2) is 70.3. The van der Waals surface area contributed by atoms with Gasteiger partial charge < -0.3 is 14.2 Å². The van der Waals surface area contributed by atoms with Gasteiger partial charge in [-0.05, 0) is 89.9 Å². The highest BCUT2D eigenvalue weighted by atomic mass is 16.6. The first-order chi connectivity index (χ1) is 40.5. The zero-order chi connectivity index (χ0) is 59.2. The fourth-order valence-corrected chi connectivity index (χ4v) is 10.6. The minimum atomic E-state index is -0.780. The van der Waals surface area contributed by atoms with E-state index in [0.29, 0.717) is 19.3 Å². The zero-order valence-corrected chi connectivity index (χ0v) is 54.8. The number of rotatable bonds is 66. The Bertz CT molecular complexity index is 1500. The van der Waals surface area contributed by atoms with Gasteiger partial charge in [0.1, 0.15) is 13.2 Å². The second-order valence-electron chi connectivity index (χ2n) is 24.1. The van der Waals surface area contributed by atoms with Crippen molar-refractivity contribution in [3.63, 3.8) is 0 Å². The normalized spacial score (nSPS) is 12.5. The van der Waals surface area contributed by atoms with Crippen LogP contribution >= 0.6 is 0 Å². The summed E-state index contributed by atoms with van der Waals surface area (Å²) in [5.74, 6) is -0.860. The molecule has 1 unspecified atom stereocenters. The standard InChI is InChI=1S/C76H136O6/c1-4-7-10-13-16-19-22-25-28-31-33-35-37-38-39-41-42-45-48-51-54-57-60-63-66-69-75(78)81-72-73(71-80-74(77)68-65-62-59-56-53-50-47-44-30-27-24-21-18-15-12-9-6-3)82-76(79)70-67-64-61-58-55-52-49-46-43-40-36-34-32-29-26-23-20-17-14-11-8-5-2/h7,10,16,18-19,21,25,27-28,30,33,35,73H,4-6,8-9,11-15,17,20,22-24,26,29,31-32,34,36-72H2,1-3H3/b10-7-,19-16-,21-18-,28-25-,30-27-,35-33-. The molecule has 82 heavy (non-hydrogen) atoms. The summed E-state index contributed by atoms with van der Waals surface area (Å²) >= 11 is 0. The number of unbranched alkanes of at least 4 members (excludes halogenated alkanes) is 43. The van der Waals surface area contributed by atoms with Gasteiger partial charge in [0.15, 0.2) is 6.10 Å². The lowest BCUT2D eigenvalue weighted by Gasteiger charge is -2.18. The van der Waals surface area contributed by atoms with Gasteiger partial charge in [-0.25, -0.2) is 0 Å². The maximum absolute atomic E-state index is 13.0. The highest BCUT2D eigenvalue weighted by Crippen LogP contribution is 2.18. The Kier molecular flexibility index (Phi) is 67.6. The number of carbonyl (C=O) groups is 3. The Hall–Kier alpha value is -3.15. The van der Waals surface area contributed by atoms with Crippen LogP contribution in [0.15, 0.2) is 72.9 Å². The molecule has 0 aromatic rings. The summed E-state index contributed by atoms with van der Waals surface area (Å²) in [5.41, 5.74) is 0. The summed E-state index contributed by atoms with van der Waals surface area (Å²) in [5, 5.41) is 0. The van der Waals surface area contributed by atoms with Crippen LogP contribution in [0.5, 0.6) is 0 Å². The van der Waals surface area contributed by atoms with Crippen LogP contribution in [0, 0.1) is 0 Å². The maximum Gasteiger partial charge on any atom is 0.306 e. The molecular formula is C76H136O6. The van der Waals surface area contributed by atoms with Gasteiger partial charge in [-0.15, -0.1) is 0 Å². The van der Waals surface area contributed by atoms with E-state index in [1.807, 2.05) is 0 Å². The molecule has 0 rings (SSSR count). The summed E-state index contributed by atoms with van der Waals surface area (Å²) in [6.07, 6.45) is 92.1. The van der Waals surface area contributed by atoms with Crippen LogP contribution in [0.25, 0.3) is 0 Å². The van der Waals surface area contributed by atoms with Crippen LogP contribution in [0.4, 0.5) is 0 Å². The van der Waals surface area contributed by atoms with Crippen LogP contribution in [-0.4, -0.2) is 37.2 Å². The summed E-state index contributed by atoms with van der Waals surface area (Å²) in [6.45, 7) is 6.56. The molecule has 0 saturated carbocycles. The molecule has 1 atom stereocenters. The molecule has 0 bridgehead atoms. The zero-order valence-electron chi connectivity index (χ0n) is 54.8. The predicted molar refractivity (Wildman–Crippen MR) is 358 cm³/mol. The molecule has 476 valence electrons. The number of ether oxygens (including phenoxy) is 3. The molecule has 0 N–H and O–H groups in total. The summed E-state index contributed by atoms with van der Waals surface area (Å²) in [4.78, 5) is 38.5. The predicted octanol–water partition coefficient (Wildman–Crippen LogP) is 24.8. The Morgan fingerprint density at radius 1 is 0.256 bits per heavy atom. The van der Waals surface area contributed by atoms with Gasteiger partial charge in [-0.2, -0.15) is 0 Å². The van der Waals surface area contributed by atoms with Crippen molar-refractivity contribution in [1.82, 2.24) is 0 Å². The lowest BCUT2D eigenvalue weighted by molar-refractivity contribution is -0.167. The number of hydrogen-bond donors (Lipinski definition) is 0. The average molecular weight is 1150 g/mol. The summed E-state index contributed by atoms with van der Waals surface area (Å²) in [7, 11) is 0. The molecule has 0 aromatic heterocycles. The minimum absolute atomic E-state index is 0.0749. The third kappa shape index (κ3) is 67.6. The van der Waals surface area contributed by atoms with Crippen molar-refractivity contribution >= 4 is 17.9 Å². The average Bonchev–Trinajstić information content (AvgIpc) is 3.47. The molecule has 0 aliphatic rings. The van der Waals surface area contributed by atoms with Gasteiger partial charge in [0.05, 0.1) is 0 Å². The van der Waals surface area contributed by atoms with Crippen molar-refractivity contribution in [2.75, 3.05) is 13.2 Å². The van der Waals surface area contributed by atoms with Gasteiger partial charge in [0.2, 0.25) is 0 Å². The van der Waals surface area contributed by atoms with Crippen LogP contribution in [0.2, 0.25) is 0 Å². The maximum atomic E-state index is 13.0. The van der Waals surface area contributed by atoms with E-state index in [1.165, 1.54) is 238 Å². The highest BCUT2D eigenvalue weighted by molar-refractivity contribution is 5.71. The second-order valence-corrected chi connectivity index (χ2v) is 24.1. The van der Waals surface area contributed by atoms with E-state index in [1.54, 1.807) is 0 Å². The van der Waals surface area contributed by atoms with E-state index in [2.05, 4.69) is 93.7 Å². The summed E-state index contributed by atoms with van der Waals surface area (Å²) < 4.78 is 17.0. The van der Waals surface area contributed by atoms with Crippen LogP contribution < -0.4 is 0 Å². The lowest BCUT2D eigenvalue weighted by Crippen LogP contribution is -2.30. The molecule has 0 aliphatic carbocycles. The first-order valence-electron chi connectivity index (χ1n) is 35.9. The van der Waals surface area contributed by atoms with Gasteiger partial charge >= 0.3 is 17.9 Å². The van der Waals surface area contributed by atoms with E-state index >= 15 is 0 Å². The molecule has 0 fully saturated rings. The molecule has 6 heteroatoms. The van der Waals surface area contributed by atoms with E-state index in [9.17, 15) is 14.4 Å². The van der Waals surface area contributed by atoms with Gasteiger partial charge in [0.25, 0.3) is 0 Å². The fraction of sp³-hybridized carbons (Fsp3) is 0.803. The Morgan fingerprint density at radius 3 is 0.768 bits per heavy atom. The topological polar surface area (TPSA) is 78.9 Å². The van der Waals surface area contributed by atoms with E-state index in [0.717, 1.165) is 96.3 Å². The molecule has 0 aliphatic heterocycles. The van der Waals surface area contributed by atoms with Gasteiger partial charge in [0, 0.05) is 19.3 Å². The van der Waals surface area contributed by atoms with Crippen molar-refractivity contribution in [3.05, 3.63) is 72.9 Å². The quantitative estimate of drug-likeness (QED) is 0.0261. The number of carbonyl (C=O) groups excluding carboxylic acids is 3. The smallest absolute Gasteiger partial charge is 0.306 e. The third-order valence-electron chi connectivity index (χ3n) is 15.9. The molecular weight excluding hydrogens is 1010 g/mol. The third-order valence-corrected chi connectivity index (χ3v) is 15.9. The van der Waals surface area contributed by atoms with Gasteiger partial charge in [-0.1, -0.05) is 338 Å². The molecule has 0 spiro atoms. The van der Waals surface area contributed by atoms with E-state index in [-0.39, 0.29) is 31.1 Å². The molecule has 6 nitrogen and oxygen atoms in total. The number of hydrogen-bond acceptors (Lipinski definition) is 6. The Labute approximate surface area is 510 Å². The number of allylic oxidation sites excluding steroid dienone is 12. The van der Waals surface area contributed by atoms with E-state index < -0.39 is 6.10 Å². The molecule has 0 saturated heterocycles. The van der Waals surface area contributed by atoms with Crippen molar-refractivity contribution in [2.45, 2.75) is 380 Å². The lowest BCUT2D eigenvalue weighted by atomic mass is 10.0. The van der Waals surface area contributed by atoms with Crippen molar-refractivity contribution in [1.29, 1.82) is 0 Å². The monoisotopic (exact) mass is 1150 g/mol. The van der Waals surface area contributed by atoms with Crippen LogP contribution in [-0.2, 0) is 28.6 Å². The number of esters is 3. The Balaban J connectivity index is 4.32. The van der Waals surface area contributed by atoms with Crippen molar-refractivity contribution < 1.29 is 28.6 Å². The van der Waals surface area contributed by atoms with Crippen LogP contribution in [0.1, 0.15) is 374 Å². The first-order valence-corrected chi connectivity index (χ1v) is 35.9. The minimum Gasteiger partial charge on any atom is -0.462 e. The first kappa shape index (κ1) is 78.8. The largest absolute Gasteiger partial charge is 0.462 e. The Morgan fingerprint density at radius 2 is 0.476 bits per heavy atom. The van der Waals surface area contributed by atoms with Crippen LogP contribution in [0.3, 0.4) is 0 Å². The SMILES string of the molecule is CC/C=C\C/C=C\C/C=C\C/C=C\CCCCCCCCCCCCCCC(=O)OCC(COC(=O)CCCCCCCCC/C=C\C/C=C\CCCCC)OC(=O)CCCCCCCCCCCCCCCCCCCCCCCC. The summed E-state index contributed by atoms with van der Waals surface area (Å²) in [6, 6.07) is 0. The van der Waals surface area contributed by atoms with Gasteiger partial charge in [-0.3, -0.25) is 14.4 Å². The molecule has 0 amide bonds. The fourth-order valence-electron chi connectivity index (χ4n) is 10.6. The molecule has 0 heterocycles. The highest BCUT2D eigenvalue weighted by Gasteiger charge is 2.19. The van der Waals surface area contributed by atoms with E-state index in [4.69, 9.17) is 14.2 Å². The molecule has 0 radical (unpaired) electrons.